The Hall–Kier alpha value is -3.93. The van der Waals surface area contributed by atoms with Crippen molar-refractivity contribution in [2.24, 2.45) is 0 Å². The van der Waals surface area contributed by atoms with Gasteiger partial charge in [0.1, 0.15) is 5.75 Å². The number of para-hydroxylation sites is 1. The van der Waals surface area contributed by atoms with Crippen molar-refractivity contribution in [1.82, 2.24) is 5.32 Å². The molecule has 0 saturated heterocycles. The third kappa shape index (κ3) is 4.91. The second kappa shape index (κ2) is 9.52. The lowest BCUT2D eigenvalue weighted by Crippen LogP contribution is -2.27. The van der Waals surface area contributed by atoms with Gasteiger partial charge in [-0.3, -0.25) is 14.9 Å². The number of methoxy groups -OCH3 is 1. The van der Waals surface area contributed by atoms with E-state index in [9.17, 15) is 14.9 Å². The SMILES string of the molecule is COc1ccccc1C=C(C(=O)NC(C)c1cccc([N+](=O)[O-])c1)c1ccccc1. The average Bonchev–Trinajstić information content (AvgIpc) is 2.78. The fourth-order valence-electron chi connectivity index (χ4n) is 3.10. The van der Waals surface area contributed by atoms with Crippen LogP contribution < -0.4 is 10.1 Å². The van der Waals surface area contributed by atoms with Crippen LogP contribution in [0.4, 0.5) is 5.69 Å². The number of hydrogen-bond acceptors (Lipinski definition) is 4. The third-order valence-electron chi connectivity index (χ3n) is 4.70. The van der Waals surface area contributed by atoms with Gasteiger partial charge in [-0.25, -0.2) is 0 Å². The topological polar surface area (TPSA) is 81.5 Å². The first-order chi connectivity index (χ1) is 14.5. The number of benzene rings is 3. The largest absolute Gasteiger partial charge is 0.496 e. The molecular formula is C24H22N2O4. The third-order valence-corrected chi connectivity index (χ3v) is 4.70. The van der Waals surface area contributed by atoms with Gasteiger partial charge in [0.25, 0.3) is 11.6 Å². The van der Waals surface area contributed by atoms with Crippen LogP contribution in [0.2, 0.25) is 0 Å². The maximum atomic E-state index is 13.2. The van der Waals surface area contributed by atoms with E-state index in [2.05, 4.69) is 5.32 Å². The van der Waals surface area contributed by atoms with E-state index in [1.54, 1.807) is 32.2 Å². The summed E-state index contributed by atoms with van der Waals surface area (Å²) in [5.41, 5.74) is 2.64. The Morgan fingerprint density at radius 3 is 2.43 bits per heavy atom. The molecule has 0 fully saturated rings. The van der Waals surface area contributed by atoms with Gasteiger partial charge in [0.05, 0.1) is 18.1 Å². The maximum absolute atomic E-state index is 13.2. The number of carbonyl (C=O) groups is 1. The molecule has 3 rings (SSSR count). The number of amides is 1. The number of hydrogen-bond donors (Lipinski definition) is 1. The van der Waals surface area contributed by atoms with Gasteiger partial charge in [-0.2, -0.15) is 0 Å². The van der Waals surface area contributed by atoms with Gasteiger partial charge in [-0.05, 0) is 30.2 Å². The van der Waals surface area contributed by atoms with Gasteiger partial charge >= 0.3 is 0 Å². The summed E-state index contributed by atoms with van der Waals surface area (Å²) in [5.74, 6) is 0.372. The molecule has 0 radical (unpaired) electrons. The Labute approximate surface area is 175 Å². The second-order valence-corrected chi connectivity index (χ2v) is 6.71. The molecule has 0 bridgehead atoms. The highest BCUT2D eigenvalue weighted by atomic mass is 16.6. The molecule has 1 atom stereocenters. The average molecular weight is 402 g/mol. The van der Waals surface area contributed by atoms with E-state index < -0.39 is 11.0 Å². The van der Waals surface area contributed by atoms with E-state index in [4.69, 9.17) is 4.74 Å². The zero-order valence-corrected chi connectivity index (χ0v) is 16.7. The fourth-order valence-corrected chi connectivity index (χ4v) is 3.10. The Morgan fingerprint density at radius 2 is 1.73 bits per heavy atom. The number of rotatable bonds is 7. The van der Waals surface area contributed by atoms with Gasteiger partial charge in [-0.15, -0.1) is 0 Å². The first-order valence-electron chi connectivity index (χ1n) is 9.45. The van der Waals surface area contributed by atoms with Crippen molar-refractivity contribution in [3.05, 3.63) is 106 Å². The summed E-state index contributed by atoms with van der Waals surface area (Å²) >= 11 is 0. The predicted molar refractivity (Wildman–Crippen MR) is 117 cm³/mol. The predicted octanol–water partition coefficient (Wildman–Crippen LogP) is 5.02. The Morgan fingerprint density at radius 1 is 1.03 bits per heavy atom. The molecule has 0 aliphatic heterocycles. The van der Waals surface area contributed by atoms with Crippen LogP contribution in [-0.4, -0.2) is 17.9 Å². The van der Waals surface area contributed by atoms with Crippen molar-refractivity contribution in [3.63, 3.8) is 0 Å². The van der Waals surface area contributed by atoms with E-state index in [0.29, 0.717) is 16.9 Å². The standard InChI is InChI=1S/C24H22N2O4/c1-17(19-12-8-13-21(15-19)26(28)29)25-24(27)22(18-9-4-3-5-10-18)16-20-11-6-7-14-23(20)30-2/h3-17H,1-2H3,(H,25,27). The summed E-state index contributed by atoms with van der Waals surface area (Å²) in [7, 11) is 1.58. The highest BCUT2D eigenvalue weighted by molar-refractivity contribution is 6.24. The van der Waals surface area contributed by atoms with Crippen molar-refractivity contribution >= 4 is 23.2 Å². The minimum absolute atomic E-state index is 0.0126. The molecule has 0 spiro atoms. The maximum Gasteiger partial charge on any atom is 0.269 e. The summed E-state index contributed by atoms with van der Waals surface area (Å²) in [4.78, 5) is 23.8. The Bertz CT molecular complexity index is 1080. The second-order valence-electron chi connectivity index (χ2n) is 6.71. The van der Waals surface area contributed by atoms with Gasteiger partial charge in [-0.1, -0.05) is 60.7 Å². The molecule has 152 valence electrons. The number of nitro groups is 1. The lowest BCUT2D eigenvalue weighted by atomic mass is 10.0. The molecule has 0 aliphatic rings. The number of ether oxygens (including phenoxy) is 1. The van der Waals surface area contributed by atoms with E-state index in [1.165, 1.54) is 12.1 Å². The number of nitrogens with one attached hydrogen (secondary N) is 1. The van der Waals surface area contributed by atoms with Crippen LogP contribution in [0, 0.1) is 10.1 Å². The molecule has 1 amide bonds. The summed E-state index contributed by atoms with van der Waals surface area (Å²) < 4.78 is 5.41. The van der Waals surface area contributed by atoms with Gasteiger partial charge in [0.15, 0.2) is 0 Å². The normalized spacial score (nSPS) is 12.1. The lowest BCUT2D eigenvalue weighted by molar-refractivity contribution is -0.384. The number of nitro benzene ring substituents is 1. The van der Waals surface area contributed by atoms with E-state index >= 15 is 0 Å². The van der Waals surface area contributed by atoms with Gasteiger partial charge < -0.3 is 10.1 Å². The van der Waals surface area contributed by atoms with E-state index in [1.807, 2.05) is 54.6 Å². The highest BCUT2D eigenvalue weighted by Gasteiger charge is 2.18. The molecule has 0 heterocycles. The smallest absolute Gasteiger partial charge is 0.269 e. The molecular weight excluding hydrogens is 380 g/mol. The van der Waals surface area contributed by atoms with Crippen LogP contribution in [0.3, 0.4) is 0 Å². The van der Waals surface area contributed by atoms with Crippen LogP contribution >= 0.6 is 0 Å². The van der Waals surface area contributed by atoms with Crippen molar-refractivity contribution in [3.8, 4) is 5.75 Å². The van der Waals surface area contributed by atoms with Crippen LogP contribution in [0.5, 0.6) is 5.75 Å². The summed E-state index contributed by atoms with van der Waals surface area (Å²) in [5, 5.41) is 14.0. The van der Waals surface area contributed by atoms with Crippen LogP contribution in [0.25, 0.3) is 11.6 Å². The first kappa shape index (κ1) is 20.8. The van der Waals surface area contributed by atoms with E-state index in [-0.39, 0.29) is 11.6 Å². The zero-order chi connectivity index (χ0) is 21.5. The minimum Gasteiger partial charge on any atom is -0.496 e. The molecule has 30 heavy (non-hydrogen) atoms. The molecule has 0 saturated carbocycles. The Balaban J connectivity index is 1.94. The quantitative estimate of drug-likeness (QED) is 0.260. The van der Waals surface area contributed by atoms with Crippen molar-refractivity contribution in [1.29, 1.82) is 0 Å². The van der Waals surface area contributed by atoms with Gasteiger partial charge in [0.2, 0.25) is 0 Å². The monoisotopic (exact) mass is 402 g/mol. The molecule has 0 aliphatic carbocycles. The molecule has 1 N–H and O–H groups in total. The summed E-state index contributed by atoms with van der Waals surface area (Å²) in [6, 6.07) is 22.6. The summed E-state index contributed by atoms with van der Waals surface area (Å²) in [6.07, 6.45) is 1.78. The van der Waals surface area contributed by atoms with Crippen molar-refractivity contribution in [2.45, 2.75) is 13.0 Å². The molecule has 0 aromatic heterocycles. The van der Waals surface area contributed by atoms with Crippen molar-refractivity contribution < 1.29 is 14.5 Å². The number of non-ortho nitro benzene ring substituents is 1. The fraction of sp³-hybridized carbons (Fsp3) is 0.125. The molecule has 3 aromatic rings. The number of nitrogens with zero attached hydrogens (tertiary/aromatic N) is 1. The van der Waals surface area contributed by atoms with Gasteiger partial charge in [0, 0.05) is 23.3 Å². The van der Waals surface area contributed by atoms with Crippen LogP contribution in [0.15, 0.2) is 78.9 Å². The van der Waals surface area contributed by atoms with Crippen LogP contribution in [0.1, 0.15) is 29.7 Å². The minimum atomic E-state index is -0.449. The molecule has 6 heteroatoms. The lowest BCUT2D eigenvalue weighted by Gasteiger charge is -2.16. The molecule has 6 nitrogen and oxygen atoms in total. The molecule has 3 aromatic carbocycles. The Kier molecular flexibility index (Phi) is 6.60. The highest BCUT2D eigenvalue weighted by Crippen LogP contribution is 2.26. The first-order valence-corrected chi connectivity index (χ1v) is 9.45. The van der Waals surface area contributed by atoms with E-state index in [0.717, 1.165) is 11.1 Å². The van der Waals surface area contributed by atoms with Crippen LogP contribution in [-0.2, 0) is 4.79 Å². The number of carbonyl (C=O) groups excluding carboxylic acids is 1. The zero-order valence-electron chi connectivity index (χ0n) is 16.7. The summed E-state index contributed by atoms with van der Waals surface area (Å²) in [6.45, 7) is 1.79. The molecule has 1 unspecified atom stereocenters. The van der Waals surface area contributed by atoms with Crippen molar-refractivity contribution in [2.75, 3.05) is 7.11 Å².